The fourth-order valence-corrected chi connectivity index (χ4v) is 1.79. The Kier molecular flexibility index (Phi) is 4.77. The molecule has 1 aromatic heterocycles. The Morgan fingerprint density at radius 3 is 2.69 bits per heavy atom. The van der Waals surface area contributed by atoms with Crippen LogP contribution in [0, 0.1) is 6.92 Å². The summed E-state index contributed by atoms with van der Waals surface area (Å²) < 4.78 is 2.06. The van der Waals surface area contributed by atoms with Crippen molar-refractivity contribution in [2.45, 2.75) is 46.0 Å². The molecule has 0 N–H and O–H groups in total. The molecule has 1 heterocycles. The Bertz CT molecular complexity index is 236. The van der Waals surface area contributed by atoms with Crippen LogP contribution in [0.1, 0.15) is 44.1 Å². The number of aromatic nitrogens is 2. The Balaban J connectivity index is 2.29. The minimum atomic E-state index is 1.10. The maximum Gasteiger partial charge on any atom is 0.114 e. The van der Waals surface area contributed by atoms with E-state index < -0.39 is 0 Å². The molecule has 0 aliphatic heterocycles. The maximum atomic E-state index is 4.46. The number of hydrogen-bond donors (Lipinski definition) is 0. The lowest BCUT2D eigenvalue weighted by atomic mass is 10.1. The number of halogens is 1. The molecule has 0 fully saturated rings. The molecule has 0 saturated heterocycles. The van der Waals surface area contributed by atoms with Crippen LogP contribution < -0.4 is 0 Å². The van der Waals surface area contributed by atoms with Crippen molar-refractivity contribution in [1.82, 2.24) is 7.76 Å². The van der Waals surface area contributed by atoms with E-state index in [0.717, 1.165) is 12.2 Å². The van der Waals surface area contributed by atoms with Crippen LogP contribution in [0.3, 0.4) is 0 Å². The molecule has 74 valence electrons. The van der Waals surface area contributed by atoms with Crippen LogP contribution >= 0.6 is 22.9 Å². The molecule has 1 rings (SSSR count). The van der Waals surface area contributed by atoms with Gasteiger partial charge in [-0.15, -0.1) is 0 Å². The summed E-state index contributed by atoms with van der Waals surface area (Å²) in [6.45, 7) is 4.28. The highest BCUT2D eigenvalue weighted by atomic mass is 127. The second-order valence-corrected chi connectivity index (χ2v) is 4.44. The molecular formula is C10H17IN2. The summed E-state index contributed by atoms with van der Waals surface area (Å²) in [6.07, 6.45) is 8.53. The predicted molar refractivity (Wildman–Crippen MR) is 64.2 cm³/mol. The van der Waals surface area contributed by atoms with E-state index in [1.54, 1.807) is 0 Å². The van der Waals surface area contributed by atoms with Gasteiger partial charge in [-0.3, -0.25) is 2.78 Å². The highest BCUT2D eigenvalue weighted by molar-refractivity contribution is 14.1. The summed E-state index contributed by atoms with van der Waals surface area (Å²) in [5.41, 5.74) is 1.24. The third kappa shape index (κ3) is 3.67. The lowest BCUT2D eigenvalue weighted by Crippen LogP contribution is -1.85. The van der Waals surface area contributed by atoms with E-state index in [1.807, 2.05) is 6.92 Å². The van der Waals surface area contributed by atoms with E-state index in [9.17, 15) is 0 Å². The van der Waals surface area contributed by atoms with Crippen molar-refractivity contribution in [3.63, 3.8) is 0 Å². The zero-order valence-corrected chi connectivity index (χ0v) is 10.5. The van der Waals surface area contributed by atoms with E-state index >= 15 is 0 Å². The molecule has 0 bridgehead atoms. The van der Waals surface area contributed by atoms with Crippen molar-refractivity contribution in [2.75, 3.05) is 0 Å². The van der Waals surface area contributed by atoms with Gasteiger partial charge in [-0.05, 0) is 19.8 Å². The molecule has 1 aromatic rings. The Hall–Kier alpha value is -0.0600. The molecule has 0 amide bonds. The molecule has 0 atom stereocenters. The number of aryl methyl sites for hydroxylation is 2. The molecule has 2 nitrogen and oxygen atoms in total. The number of unbranched alkanes of at least 4 members (excludes halogenated alkanes) is 3. The minimum absolute atomic E-state index is 1.10. The molecule has 0 spiro atoms. The molecule has 0 aliphatic rings. The van der Waals surface area contributed by atoms with Gasteiger partial charge in [-0.25, -0.2) is 4.98 Å². The monoisotopic (exact) mass is 292 g/mol. The Morgan fingerprint density at radius 2 is 2.15 bits per heavy atom. The van der Waals surface area contributed by atoms with Crippen molar-refractivity contribution in [3.8, 4) is 0 Å². The van der Waals surface area contributed by atoms with Crippen LogP contribution in [0.25, 0.3) is 0 Å². The number of imidazole rings is 1. The van der Waals surface area contributed by atoms with Gasteiger partial charge in [0, 0.05) is 6.20 Å². The second-order valence-electron chi connectivity index (χ2n) is 3.40. The highest BCUT2D eigenvalue weighted by Crippen LogP contribution is 2.10. The third-order valence-corrected chi connectivity index (χ3v) is 3.14. The summed E-state index contributed by atoms with van der Waals surface area (Å²) >= 11 is 2.27. The van der Waals surface area contributed by atoms with Crippen LogP contribution in [0.15, 0.2) is 6.20 Å². The first-order valence-corrected chi connectivity index (χ1v) is 5.91. The summed E-state index contributed by atoms with van der Waals surface area (Å²) in [5, 5.41) is 0. The average Bonchev–Trinajstić information content (AvgIpc) is 2.41. The van der Waals surface area contributed by atoms with Gasteiger partial charge in [0.1, 0.15) is 5.82 Å². The normalized spacial score (nSPS) is 10.7. The van der Waals surface area contributed by atoms with Gasteiger partial charge in [0.05, 0.1) is 28.6 Å². The van der Waals surface area contributed by atoms with Crippen LogP contribution in [0.4, 0.5) is 0 Å². The summed E-state index contributed by atoms with van der Waals surface area (Å²) in [7, 11) is 0. The predicted octanol–water partition coefficient (Wildman–Crippen LogP) is 3.51. The first-order valence-electron chi connectivity index (χ1n) is 4.95. The van der Waals surface area contributed by atoms with Crippen LogP contribution in [-0.4, -0.2) is 7.76 Å². The Morgan fingerprint density at radius 1 is 1.38 bits per heavy atom. The Labute approximate surface area is 94.2 Å². The standard InChI is InChI=1S/C10H17IN2/c1-3-4-5-6-7-10-8-13(11)9(2)12-10/h8H,3-7H2,1-2H3. The molecule has 0 radical (unpaired) electrons. The molecule has 0 unspecified atom stereocenters. The lowest BCUT2D eigenvalue weighted by Gasteiger charge is -1.95. The van der Waals surface area contributed by atoms with Crippen molar-refractivity contribution in [2.24, 2.45) is 0 Å². The highest BCUT2D eigenvalue weighted by Gasteiger charge is 2.00. The maximum absolute atomic E-state index is 4.46. The fraction of sp³-hybridized carbons (Fsp3) is 0.700. The summed E-state index contributed by atoms with van der Waals surface area (Å²) in [5.74, 6) is 1.10. The van der Waals surface area contributed by atoms with Crippen molar-refractivity contribution in [3.05, 3.63) is 17.7 Å². The van der Waals surface area contributed by atoms with Crippen molar-refractivity contribution < 1.29 is 0 Å². The molecule has 13 heavy (non-hydrogen) atoms. The van der Waals surface area contributed by atoms with Crippen LogP contribution in [0.5, 0.6) is 0 Å². The number of nitrogens with zero attached hydrogens (tertiary/aromatic N) is 2. The zero-order valence-electron chi connectivity index (χ0n) is 8.39. The largest absolute Gasteiger partial charge is 0.276 e. The van der Waals surface area contributed by atoms with E-state index in [0.29, 0.717) is 0 Å². The summed E-state index contributed by atoms with van der Waals surface area (Å²) in [6, 6.07) is 0. The van der Waals surface area contributed by atoms with Gasteiger partial charge < -0.3 is 0 Å². The molecule has 0 aliphatic carbocycles. The average molecular weight is 292 g/mol. The van der Waals surface area contributed by atoms with Crippen molar-refractivity contribution >= 4 is 22.9 Å². The van der Waals surface area contributed by atoms with E-state index in [1.165, 1.54) is 31.4 Å². The van der Waals surface area contributed by atoms with Gasteiger partial charge in [-0.1, -0.05) is 26.2 Å². The van der Waals surface area contributed by atoms with Gasteiger partial charge in [0.15, 0.2) is 0 Å². The lowest BCUT2D eigenvalue weighted by molar-refractivity contribution is 0.661. The topological polar surface area (TPSA) is 17.8 Å². The van der Waals surface area contributed by atoms with E-state index in [-0.39, 0.29) is 0 Å². The van der Waals surface area contributed by atoms with E-state index in [4.69, 9.17) is 0 Å². The van der Waals surface area contributed by atoms with E-state index in [2.05, 4.69) is 43.7 Å². The molecular weight excluding hydrogens is 275 g/mol. The third-order valence-electron chi connectivity index (χ3n) is 2.16. The summed E-state index contributed by atoms with van der Waals surface area (Å²) in [4.78, 5) is 4.46. The second kappa shape index (κ2) is 5.62. The SMILES string of the molecule is CCCCCCc1cn(I)c(C)n1. The molecule has 0 aromatic carbocycles. The molecule has 0 saturated carbocycles. The fourth-order valence-electron chi connectivity index (χ4n) is 1.36. The first kappa shape index (κ1) is 11.0. The van der Waals surface area contributed by atoms with Crippen LogP contribution in [0.2, 0.25) is 0 Å². The van der Waals surface area contributed by atoms with Crippen molar-refractivity contribution in [1.29, 1.82) is 0 Å². The number of rotatable bonds is 5. The number of hydrogen-bond acceptors (Lipinski definition) is 1. The molecule has 3 heteroatoms. The van der Waals surface area contributed by atoms with Gasteiger partial charge in [0.2, 0.25) is 0 Å². The van der Waals surface area contributed by atoms with Crippen LogP contribution in [-0.2, 0) is 6.42 Å². The van der Waals surface area contributed by atoms with Gasteiger partial charge >= 0.3 is 0 Å². The smallest absolute Gasteiger partial charge is 0.114 e. The van der Waals surface area contributed by atoms with Gasteiger partial charge in [-0.2, -0.15) is 0 Å². The van der Waals surface area contributed by atoms with Gasteiger partial charge in [0.25, 0.3) is 0 Å². The zero-order chi connectivity index (χ0) is 9.68. The first-order chi connectivity index (χ1) is 6.24. The quantitative estimate of drug-likeness (QED) is 0.600. The minimum Gasteiger partial charge on any atom is -0.276 e.